The second kappa shape index (κ2) is 7.96. The molecular formula is C17H21NO3S. The number of hydrogen-bond acceptors (Lipinski definition) is 4. The molecule has 0 amide bonds. The zero-order valence-corrected chi connectivity index (χ0v) is 13.5. The molecule has 5 heteroatoms. The summed E-state index contributed by atoms with van der Waals surface area (Å²) >= 11 is 0. The molecule has 0 spiro atoms. The maximum Gasteiger partial charge on any atom is 0.296 e. The van der Waals surface area contributed by atoms with E-state index in [1.807, 2.05) is 25.1 Å². The van der Waals surface area contributed by atoms with E-state index in [2.05, 4.69) is 11.4 Å². The molecule has 118 valence electrons. The third-order valence-corrected chi connectivity index (χ3v) is 4.52. The fourth-order valence-corrected chi connectivity index (χ4v) is 3.00. The van der Waals surface area contributed by atoms with E-state index in [9.17, 15) is 8.42 Å². The molecule has 0 aliphatic carbocycles. The van der Waals surface area contributed by atoms with Crippen LogP contribution in [0.1, 0.15) is 18.4 Å². The molecule has 0 radical (unpaired) electrons. The molecule has 0 bridgehead atoms. The van der Waals surface area contributed by atoms with Crippen LogP contribution in [0.2, 0.25) is 0 Å². The number of nitrogens with one attached hydrogen (secondary N) is 1. The molecule has 4 nitrogen and oxygen atoms in total. The van der Waals surface area contributed by atoms with E-state index in [1.165, 1.54) is 17.7 Å². The van der Waals surface area contributed by atoms with Gasteiger partial charge in [0.1, 0.15) is 0 Å². The summed E-state index contributed by atoms with van der Waals surface area (Å²) < 4.78 is 28.8. The first kappa shape index (κ1) is 16.5. The molecule has 0 aromatic heterocycles. The largest absolute Gasteiger partial charge is 0.385 e. The van der Waals surface area contributed by atoms with E-state index in [1.54, 1.807) is 18.2 Å². The Labute approximate surface area is 132 Å². The smallest absolute Gasteiger partial charge is 0.296 e. The minimum atomic E-state index is -3.63. The van der Waals surface area contributed by atoms with Crippen molar-refractivity contribution >= 4 is 15.8 Å². The zero-order valence-electron chi connectivity index (χ0n) is 12.7. The fourth-order valence-electron chi connectivity index (χ4n) is 2.04. The molecule has 0 fully saturated rings. The lowest BCUT2D eigenvalue weighted by atomic mass is 10.2. The Hall–Kier alpha value is -1.85. The average molecular weight is 319 g/mol. The fraction of sp³-hybridized carbons (Fsp3) is 0.294. The van der Waals surface area contributed by atoms with Gasteiger partial charge in [-0.2, -0.15) is 8.42 Å². The van der Waals surface area contributed by atoms with Gasteiger partial charge >= 0.3 is 0 Å². The SMILES string of the molecule is Cc1cccc(NCCCCOS(=O)(=O)c2ccccc2)c1. The van der Waals surface area contributed by atoms with Gasteiger partial charge in [-0.25, -0.2) is 0 Å². The van der Waals surface area contributed by atoms with E-state index in [4.69, 9.17) is 4.18 Å². The summed E-state index contributed by atoms with van der Waals surface area (Å²) in [4.78, 5) is 0.202. The molecule has 0 saturated carbocycles. The Balaban J connectivity index is 1.67. The number of benzene rings is 2. The number of hydrogen-bond donors (Lipinski definition) is 1. The predicted molar refractivity (Wildman–Crippen MR) is 88.5 cm³/mol. The molecule has 2 aromatic carbocycles. The van der Waals surface area contributed by atoms with Gasteiger partial charge in [0, 0.05) is 12.2 Å². The topological polar surface area (TPSA) is 55.4 Å². The lowest BCUT2D eigenvalue weighted by molar-refractivity contribution is 0.310. The van der Waals surface area contributed by atoms with Gasteiger partial charge in [-0.3, -0.25) is 4.18 Å². The third kappa shape index (κ3) is 5.16. The Bertz CT molecular complexity index is 684. The van der Waals surface area contributed by atoms with Crippen LogP contribution in [0, 0.1) is 6.92 Å². The Morgan fingerprint density at radius 1 is 1.00 bits per heavy atom. The Morgan fingerprint density at radius 2 is 1.77 bits per heavy atom. The first-order chi connectivity index (χ1) is 10.6. The molecule has 0 saturated heterocycles. The molecule has 0 heterocycles. The van der Waals surface area contributed by atoms with Crippen LogP contribution in [0.5, 0.6) is 0 Å². The van der Waals surface area contributed by atoms with E-state index in [-0.39, 0.29) is 11.5 Å². The average Bonchev–Trinajstić information content (AvgIpc) is 2.52. The van der Waals surface area contributed by atoms with E-state index in [0.29, 0.717) is 6.42 Å². The van der Waals surface area contributed by atoms with Crippen molar-refractivity contribution in [2.75, 3.05) is 18.5 Å². The summed E-state index contributed by atoms with van der Waals surface area (Å²) in [7, 11) is -3.63. The molecule has 2 rings (SSSR count). The first-order valence-corrected chi connectivity index (χ1v) is 8.74. The van der Waals surface area contributed by atoms with E-state index >= 15 is 0 Å². The lowest BCUT2D eigenvalue weighted by Gasteiger charge is -2.08. The van der Waals surface area contributed by atoms with Crippen molar-refractivity contribution in [1.29, 1.82) is 0 Å². The highest BCUT2D eigenvalue weighted by Gasteiger charge is 2.13. The van der Waals surface area contributed by atoms with E-state index < -0.39 is 10.1 Å². The van der Waals surface area contributed by atoms with Crippen LogP contribution in [0.15, 0.2) is 59.5 Å². The molecule has 0 aliphatic rings. The Morgan fingerprint density at radius 3 is 2.50 bits per heavy atom. The second-order valence-electron chi connectivity index (χ2n) is 5.09. The molecule has 1 N–H and O–H groups in total. The van der Waals surface area contributed by atoms with Gasteiger partial charge in [0.05, 0.1) is 11.5 Å². The molecule has 0 unspecified atom stereocenters. The second-order valence-corrected chi connectivity index (χ2v) is 6.71. The van der Waals surface area contributed by atoms with Crippen molar-refractivity contribution in [1.82, 2.24) is 0 Å². The molecule has 2 aromatic rings. The van der Waals surface area contributed by atoms with Crippen molar-refractivity contribution in [3.63, 3.8) is 0 Å². The van der Waals surface area contributed by atoms with Crippen LogP contribution in [0.3, 0.4) is 0 Å². The van der Waals surface area contributed by atoms with Gasteiger partial charge in [-0.1, -0.05) is 30.3 Å². The van der Waals surface area contributed by atoms with Gasteiger partial charge < -0.3 is 5.32 Å². The standard InChI is InChI=1S/C17H21NO3S/c1-15-8-7-9-16(14-15)18-12-5-6-13-21-22(19,20)17-10-3-2-4-11-17/h2-4,7-11,14,18H,5-6,12-13H2,1H3. The van der Waals surface area contributed by atoms with Crippen LogP contribution < -0.4 is 5.32 Å². The van der Waals surface area contributed by atoms with Gasteiger partial charge in [-0.05, 0) is 49.6 Å². The zero-order chi connectivity index (χ0) is 15.8. The summed E-state index contributed by atoms with van der Waals surface area (Å²) in [5.74, 6) is 0. The molecule has 22 heavy (non-hydrogen) atoms. The summed E-state index contributed by atoms with van der Waals surface area (Å²) in [6, 6.07) is 16.4. The van der Waals surface area contributed by atoms with Crippen LogP contribution >= 0.6 is 0 Å². The summed E-state index contributed by atoms with van der Waals surface area (Å²) in [5, 5.41) is 3.31. The highest BCUT2D eigenvalue weighted by atomic mass is 32.2. The van der Waals surface area contributed by atoms with Crippen LogP contribution in [-0.2, 0) is 14.3 Å². The molecule has 0 atom stereocenters. The monoisotopic (exact) mass is 319 g/mol. The molecular weight excluding hydrogens is 298 g/mol. The van der Waals surface area contributed by atoms with Gasteiger partial charge in [0.25, 0.3) is 10.1 Å². The number of rotatable bonds is 8. The van der Waals surface area contributed by atoms with Crippen LogP contribution in [-0.4, -0.2) is 21.6 Å². The van der Waals surface area contributed by atoms with Crippen molar-refractivity contribution in [3.05, 3.63) is 60.2 Å². The van der Waals surface area contributed by atoms with Gasteiger partial charge in [0.15, 0.2) is 0 Å². The highest BCUT2D eigenvalue weighted by molar-refractivity contribution is 7.86. The van der Waals surface area contributed by atoms with Crippen molar-refractivity contribution in [2.45, 2.75) is 24.7 Å². The van der Waals surface area contributed by atoms with E-state index in [0.717, 1.165) is 18.7 Å². The predicted octanol–water partition coefficient (Wildman–Crippen LogP) is 3.59. The lowest BCUT2D eigenvalue weighted by Crippen LogP contribution is -2.09. The van der Waals surface area contributed by atoms with Crippen LogP contribution in [0.25, 0.3) is 0 Å². The van der Waals surface area contributed by atoms with Gasteiger partial charge in [-0.15, -0.1) is 0 Å². The minimum Gasteiger partial charge on any atom is -0.385 e. The number of unbranched alkanes of at least 4 members (excludes halogenated alkanes) is 1. The quantitative estimate of drug-likeness (QED) is 0.597. The van der Waals surface area contributed by atoms with Gasteiger partial charge in [0.2, 0.25) is 0 Å². The first-order valence-electron chi connectivity index (χ1n) is 7.33. The van der Waals surface area contributed by atoms with Crippen LogP contribution in [0.4, 0.5) is 5.69 Å². The summed E-state index contributed by atoms with van der Waals surface area (Å²) in [5.41, 5.74) is 2.29. The normalized spacial score (nSPS) is 11.3. The highest BCUT2D eigenvalue weighted by Crippen LogP contribution is 2.12. The Kier molecular flexibility index (Phi) is 5.98. The van der Waals surface area contributed by atoms with Crippen molar-refractivity contribution < 1.29 is 12.6 Å². The number of aryl methyl sites for hydroxylation is 1. The maximum absolute atomic E-state index is 11.9. The molecule has 0 aliphatic heterocycles. The third-order valence-electron chi connectivity index (χ3n) is 3.19. The van der Waals surface area contributed by atoms with Crippen molar-refractivity contribution in [2.24, 2.45) is 0 Å². The number of anilines is 1. The minimum absolute atomic E-state index is 0.201. The maximum atomic E-state index is 11.9. The van der Waals surface area contributed by atoms with Crippen molar-refractivity contribution in [3.8, 4) is 0 Å². The summed E-state index contributed by atoms with van der Waals surface area (Å²) in [6.07, 6.45) is 1.53. The summed E-state index contributed by atoms with van der Waals surface area (Å²) in [6.45, 7) is 3.04.